The first-order valence-corrected chi connectivity index (χ1v) is 7.61. The van der Waals surface area contributed by atoms with Crippen LogP contribution in [0.25, 0.3) is 0 Å². The van der Waals surface area contributed by atoms with Gasteiger partial charge in [0.25, 0.3) is 0 Å². The summed E-state index contributed by atoms with van der Waals surface area (Å²) in [4.78, 5) is 16.5. The van der Waals surface area contributed by atoms with E-state index < -0.39 is 0 Å². The van der Waals surface area contributed by atoms with E-state index in [0.29, 0.717) is 11.8 Å². The summed E-state index contributed by atoms with van der Waals surface area (Å²) in [6.07, 6.45) is 4.55. The highest BCUT2D eigenvalue weighted by atomic mass is 16.2. The molecule has 1 aliphatic carbocycles. The van der Waals surface area contributed by atoms with Gasteiger partial charge in [0.05, 0.1) is 11.4 Å². The van der Waals surface area contributed by atoms with E-state index in [9.17, 15) is 4.79 Å². The molecular weight excluding hydrogens is 250 g/mol. The molecule has 1 saturated heterocycles. The predicted molar refractivity (Wildman–Crippen MR) is 81.6 cm³/mol. The number of anilines is 2. The van der Waals surface area contributed by atoms with Crippen molar-refractivity contribution in [2.75, 3.05) is 36.8 Å². The van der Waals surface area contributed by atoms with E-state index in [1.54, 1.807) is 0 Å². The van der Waals surface area contributed by atoms with Crippen LogP contribution in [-0.2, 0) is 4.79 Å². The van der Waals surface area contributed by atoms with E-state index >= 15 is 0 Å². The third kappa shape index (κ3) is 2.74. The Kier molecular flexibility index (Phi) is 3.81. The highest BCUT2D eigenvalue weighted by molar-refractivity contribution is 5.77. The van der Waals surface area contributed by atoms with Gasteiger partial charge in [-0.3, -0.25) is 4.79 Å². The topological polar surface area (TPSA) is 49.6 Å². The summed E-state index contributed by atoms with van der Waals surface area (Å²) in [6.45, 7) is 3.40. The molecule has 0 spiro atoms. The zero-order chi connectivity index (χ0) is 13.9. The fourth-order valence-electron chi connectivity index (χ4n) is 3.05. The second kappa shape index (κ2) is 5.73. The molecule has 0 radical (unpaired) electrons. The molecule has 108 valence electrons. The predicted octanol–water partition coefficient (Wildman–Crippen LogP) is 2.11. The molecular formula is C16H23N3O. The molecule has 0 bridgehead atoms. The number of amides is 1. The average Bonchev–Trinajstić information content (AvgIpc) is 2.43. The monoisotopic (exact) mass is 273 g/mol. The normalized spacial score (nSPS) is 19.8. The van der Waals surface area contributed by atoms with Crippen molar-refractivity contribution in [3.05, 3.63) is 24.3 Å². The number of rotatable bonds is 3. The van der Waals surface area contributed by atoms with Crippen LogP contribution in [0.15, 0.2) is 24.3 Å². The molecule has 20 heavy (non-hydrogen) atoms. The molecule has 1 aromatic carbocycles. The van der Waals surface area contributed by atoms with E-state index in [1.165, 1.54) is 19.3 Å². The van der Waals surface area contributed by atoms with Gasteiger partial charge < -0.3 is 15.5 Å². The van der Waals surface area contributed by atoms with Gasteiger partial charge in [-0.2, -0.15) is 0 Å². The van der Waals surface area contributed by atoms with Gasteiger partial charge in [0.1, 0.15) is 0 Å². The molecule has 4 nitrogen and oxygen atoms in total. The summed E-state index contributed by atoms with van der Waals surface area (Å²) in [5, 5.41) is 0. The maximum Gasteiger partial charge on any atom is 0.222 e. The SMILES string of the molecule is Nc1ccccc1N1CCN(C(=O)CC2CCC2)CC1. The maximum absolute atomic E-state index is 12.2. The van der Waals surface area contributed by atoms with Crippen LogP contribution in [0.4, 0.5) is 11.4 Å². The van der Waals surface area contributed by atoms with E-state index in [-0.39, 0.29) is 0 Å². The Labute approximate surface area is 120 Å². The molecule has 2 fully saturated rings. The molecule has 0 atom stereocenters. The maximum atomic E-state index is 12.2. The number of benzene rings is 1. The van der Waals surface area contributed by atoms with E-state index in [4.69, 9.17) is 5.73 Å². The Bertz CT molecular complexity index is 476. The number of nitrogens with zero attached hydrogens (tertiary/aromatic N) is 2. The number of carbonyl (C=O) groups is 1. The van der Waals surface area contributed by atoms with E-state index in [0.717, 1.165) is 44.0 Å². The Hall–Kier alpha value is -1.71. The standard InChI is InChI=1S/C16H23N3O/c17-14-6-1-2-7-15(14)18-8-10-19(11-9-18)16(20)12-13-4-3-5-13/h1-2,6-7,13H,3-5,8-12,17H2. The van der Waals surface area contributed by atoms with Crippen LogP contribution in [0.1, 0.15) is 25.7 Å². The number of para-hydroxylation sites is 2. The zero-order valence-corrected chi connectivity index (χ0v) is 11.9. The summed E-state index contributed by atoms with van der Waals surface area (Å²) < 4.78 is 0. The molecule has 1 aromatic rings. The van der Waals surface area contributed by atoms with Gasteiger partial charge >= 0.3 is 0 Å². The molecule has 1 amide bonds. The molecule has 4 heteroatoms. The largest absolute Gasteiger partial charge is 0.397 e. The zero-order valence-electron chi connectivity index (χ0n) is 11.9. The van der Waals surface area contributed by atoms with Crippen molar-refractivity contribution in [2.24, 2.45) is 5.92 Å². The number of hydrogen-bond acceptors (Lipinski definition) is 3. The number of hydrogen-bond donors (Lipinski definition) is 1. The van der Waals surface area contributed by atoms with Crippen molar-refractivity contribution in [2.45, 2.75) is 25.7 Å². The molecule has 1 saturated carbocycles. The highest BCUT2D eigenvalue weighted by Gasteiger charge is 2.26. The highest BCUT2D eigenvalue weighted by Crippen LogP contribution is 2.30. The van der Waals surface area contributed by atoms with Crippen LogP contribution in [0, 0.1) is 5.92 Å². The van der Waals surface area contributed by atoms with Crippen LogP contribution in [0.2, 0.25) is 0 Å². The lowest BCUT2D eigenvalue weighted by atomic mass is 9.82. The first-order valence-electron chi connectivity index (χ1n) is 7.61. The van der Waals surface area contributed by atoms with Gasteiger partial charge in [0.2, 0.25) is 5.91 Å². The smallest absolute Gasteiger partial charge is 0.222 e. The first-order chi connectivity index (χ1) is 9.74. The van der Waals surface area contributed by atoms with E-state index in [2.05, 4.69) is 11.0 Å². The van der Waals surface area contributed by atoms with E-state index in [1.807, 2.05) is 23.1 Å². The molecule has 0 unspecified atom stereocenters. The minimum Gasteiger partial charge on any atom is -0.397 e. The summed E-state index contributed by atoms with van der Waals surface area (Å²) in [7, 11) is 0. The summed E-state index contributed by atoms with van der Waals surface area (Å²) >= 11 is 0. The van der Waals surface area contributed by atoms with Crippen molar-refractivity contribution in [3.63, 3.8) is 0 Å². The van der Waals surface area contributed by atoms with Crippen LogP contribution < -0.4 is 10.6 Å². The molecule has 1 aliphatic heterocycles. The second-order valence-corrected chi connectivity index (χ2v) is 5.93. The Morgan fingerprint density at radius 2 is 1.85 bits per heavy atom. The fourth-order valence-corrected chi connectivity index (χ4v) is 3.05. The average molecular weight is 273 g/mol. The van der Waals surface area contributed by atoms with Gasteiger partial charge in [0, 0.05) is 32.6 Å². The fraction of sp³-hybridized carbons (Fsp3) is 0.562. The number of nitrogens with two attached hydrogens (primary N) is 1. The Morgan fingerprint density at radius 1 is 1.15 bits per heavy atom. The van der Waals surface area contributed by atoms with Crippen LogP contribution in [-0.4, -0.2) is 37.0 Å². The summed E-state index contributed by atoms with van der Waals surface area (Å²) in [5.41, 5.74) is 7.93. The van der Waals surface area contributed by atoms with Crippen LogP contribution in [0.5, 0.6) is 0 Å². The minimum absolute atomic E-state index is 0.343. The van der Waals surface area contributed by atoms with Crippen molar-refractivity contribution >= 4 is 17.3 Å². The summed E-state index contributed by atoms with van der Waals surface area (Å²) in [5.74, 6) is 1.00. The van der Waals surface area contributed by atoms with Gasteiger partial charge in [-0.25, -0.2) is 0 Å². The van der Waals surface area contributed by atoms with Crippen molar-refractivity contribution in [3.8, 4) is 0 Å². The Balaban J connectivity index is 1.54. The lowest BCUT2D eigenvalue weighted by Gasteiger charge is -2.37. The molecule has 2 aliphatic rings. The number of nitrogen functional groups attached to an aromatic ring is 1. The molecule has 1 heterocycles. The lowest BCUT2D eigenvalue weighted by Crippen LogP contribution is -2.49. The van der Waals surface area contributed by atoms with Gasteiger partial charge in [-0.15, -0.1) is 0 Å². The van der Waals surface area contributed by atoms with Crippen LogP contribution in [0.3, 0.4) is 0 Å². The number of piperazine rings is 1. The Morgan fingerprint density at radius 3 is 2.45 bits per heavy atom. The molecule has 2 N–H and O–H groups in total. The molecule has 0 aromatic heterocycles. The van der Waals surface area contributed by atoms with Crippen molar-refractivity contribution < 1.29 is 4.79 Å². The quantitative estimate of drug-likeness (QED) is 0.858. The van der Waals surface area contributed by atoms with Gasteiger partial charge in [0.15, 0.2) is 0 Å². The minimum atomic E-state index is 0.343. The third-order valence-corrected chi connectivity index (χ3v) is 4.60. The number of carbonyl (C=O) groups excluding carboxylic acids is 1. The van der Waals surface area contributed by atoms with Gasteiger partial charge in [-0.1, -0.05) is 18.6 Å². The summed E-state index contributed by atoms with van der Waals surface area (Å²) in [6, 6.07) is 7.96. The molecule has 3 rings (SSSR count). The van der Waals surface area contributed by atoms with Crippen molar-refractivity contribution in [1.82, 2.24) is 4.90 Å². The second-order valence-electron chi connectivity index (χ2n) is 5.93. The van der Waals surface area contributed by atoms with Gasteiger partial charge in [-0.05, 0) is 30.9 Å². The van der Waals surface area contributed by atoms with Crippen LogP contribution >= 0.6 is 0 Å². The third-order valence-electron chi connectivity index (χ3n) is 4.60. The lowest BCUT2D eigenvalue weighted by molar-refractivity contribution is -0.133. The first kappa shape index (κ1) is 13.3. The van der Waals surface area contributed by atoms with Crippen molar-refractivity contribution in [1.29, 1.82) is 0 Å².